The van der Waals surface area contributed by atoms with E-state index in [1.165, 1.54) is 63.4 Å². The van der Waals surface area contributed by atoms with E-state index in [-0.39, 0.29) is 0 Å². The van der Waals surface area contributed by atoms with Gasteiger partial charge in [-0.15, -0.1) is 0 Å². The minimum atomic E-state index is 0.670. The molecular formula is C31H48O. The summed E-state index contributed by atoms with van der Waals surface area (Å²) in [4.78, 5) is 0. The molecule has 1 heteroatoms. The monoisotopic (exact) mass is 436 g/mol. The first-order valence-electron chi connectivity index (χ1n) is 14.1. The van der Waals surface area contributed by atoms with Gasteiger partial charge in [-0.25, -0.2) is 0 Å². The van der Waals surface area contributed by atoms with Gasteiger partial charge in [0.05, 0.1) is 0 Å². The van der Waals surface area contributed by atoms with Gasteiger partial charge in [0.2, 0.25) is 0 Å². The molecule has 32 heavy (non-hydrogen) atoms. The molecule has 4 rings (SSSR count). The van der Waals surface area contributed by atoms with E-state index >= 15 is 0 Å². The lowest BCUT2D eigenvalue weighted by Gasteiger charge is -2.45. The predicted octanol–water partition coefficient (Wildman–Crippen LogP) is 9.33. The quantitative estimate of drug-likeness (QED) is 0.277. The van der Waals surface area contributed by atoms with E-state index in [9.17, 15) is 0 Å². The number of allylic oxidation sites excluding steroid dienone is 1. The highest BCUT2D eigenvalue weighted by atomic mass is 16.5. The number of ether oxygens (including phenoxy) is 1. The van der Waals surface area contributed by atoms with E-state index in [0.29, 0.717) is 6.61 Å². The van der Waals surface area contributed by atoms with E-state index < -0.39 is 0 Å². The Kier molecular flexibility index (Phi) is 9.18. The largest absolute Gasteiger partial charge is 0.490 e. The Hall–Kier alpha value is -1.24. The average Bonchev–Trinajstić information content (AvgIpc) is 2.85. The van der Waals surface area contributed by atoms with Crippen molar-refractivity contribution in [3.8, 4) is 5.75 Å². The molecule has 3 aliphatic rings. The highest BCUT2D eigenvalue weighted by Gasteiger charge is 2.38. The van der Waals surface area contributed by atoms with Crippen LogP contribution in [0.25, 0.3) is 0 Å². The predicted molar refractivity (Wildman–Crippen MR) is 137 cm³/mol. The fourth-order valence-electron chi connectivity index (χ4n) is 7.40. The lowest BCUT2D eigenvalue weighted by molar-refractivity contribution is 0.0614. The fourth-order valence-corrected chi connectivity index (χ4v) is 7.40. The summed E-state index contributed by atoms with van der Waals surface area (Å²) in [5.41, 5.74) is 1.53. The van der Waals surface area contributed by atoms with Gasteiger partial charge in [-0.3, -0.25) is 0 Å². The van der Waals surface area contributed by atoms with Crippen LogP contribution in [0.3, 0.4) is 0 Å². The van der Waals surface area contributed by atoms with Crippen molar-refractivity contribution in [1.29, 1.82) is 0 Å². The van der Waals surface area contributed by atoms with E-state index in [1.54, 1.807) is 32.1 Å². The summed E-state index contributed by atoms with van der Waals surface area (Å²) in [6.45, 7) is 5.04. The van der Waals surface area contributed by atoms with Gasteiger partial charge in [0.25, 0.3) is 0 Å². The highest BCUT2D eigenvalue weighted by Crippen LogP contribution is 2.50. The van der Waals surface area contributed by atoms with Gasteiger partial charge in [0.15, 0.2) is 0 Å². The zero-order valence-electron chi connectivity index (χ0n) is 20.9. The molecule has 1 nitrogen and oxygen atoms in total. The second-order valence-corrected chi connectivity index (χ2v) is 11.3. The summed E-state index contributed by atoms with van der Waals surface area (Å²) in [7, 11) is 0. The van der Waals surface area contributed by atoms with Crippen LogP contribution in [0.15, 0.2) is 36.4 Å². The Labute approximate surface area is 198 Å². The van der Waals surface area contributed by atoms with Crippen molar-refractivity contribution < 1.29 is 4.74 Å². The molecule has 0 radical (unpaired) electrons. The minimum Gasteiger partial charge on any atom is -0.490 e. The molecule has 0 aromatic heterocycles. The van der Waals surface area contributed by atoms with Gasteiger partial charge in [-0.1, -0.05) is 63.3 Å². The minimum absolute atomic E-state index is 0.670. The van der Waals surface area contributed by atoms with Crippen molar-refractivity contribution in [2.75, 3.05) is 6.61 Å². The van der Waals surface area contributed by atoms with Crippen molar-refractivity contribution in [1.82, 2.24) is 0 Å². The van der Waals surface area contributed by atoms with E-state index in [4.69, 9.17) is 4.74 Å². The molecule has 3 aliphatic carbocycles. The Morgan fingerprint density at radius 3 is 2.16 bits per heavy atom. The van der Waals surface area contributed by atoms with E-state index in [0.717, 1.165) is 41.3 Å². The summed E-state index contributed by atoms with van der Waals surface area (Å²) in [6.07, 6.45) is 25.0. The summed E-state index contributed by atoms with van der Waals surface area (Å²) in [6, 6.07) is 8.98. The van der Waals surface area contributed by atoms with E-state index in [2.05, 4.69) is 37.3 Å². The Morgan fingerprint density at radius 2 is 1.44 bits per heavy atom. The third-order valence-electron chi connectivity index (χ3n) is 9.35. The number of unbranched alkanes of at least 4 members (excludes halogenated alkanes) is 2. The first-order chi connectivity index (χ1) is 15.8. The van der Waals surface area contributed by atoms with Gasteiger partial charge in [-0.05, 0) is 118 Å². The third-order valence-corrected chi connectivity index (χ3v) is 9.35. The van der Waals surface area contributed by atoms with Crippen LogP contribution in [-0.4, -0.2) is 6.61 Å². The third kappa shape index (κ3) is 6.42. The van der Waals surface area contributed by atoms with Crippen LogP contribution in [0, 0.1) is 29.6 Å². The molecule has 0 saturated heterocycles. The molecule has 0 bridgehead atoms. The van der Waals surface area contributed by atoms with Crippen molar-refractivity contribution in [2.45, 2.75) is 110 Å². The molecule has 0 aliphatic heterocycles. The van der Waals surface area contributed by atoms with Gasteiger partial charge < -0.3 is 4.74 Å². The number of rotatable bonds is 9. The molecule has 0 amide bonds. The number of hydrogen-bond acceptors (Lipinski definition) is 1. The van der Waals surface area contributed by atoms with Crippen molar-refractivity contribution in [3.05, 3.63) is 42.0 Å². The van der Waals surface area contributed by atoms with Crippen molar-refractivity contribution in [3.63, 3.8) is 0 Å². The molecule has 3 saturated carbocycles. The smallest absolute Gasteiger partial charge is 0.119 e. The van der Waals surface area contributed by atoms with Crippen molar-refractivity contribution in [2.24, 2.45) is 29.6 Å². The topological polar surface area (TPSA) is 9.23 Å². The molecule has 0 spiro atoms. The van der Waals surface area contributed by atoms with Gasteiger partial charge in [0.1, 0.15) is 12.4 Å². The number of benzene rings is 1. The molecule has 0 N–H and O–H groups in total. The lowest BCUT2D eigenvalue weighted by Crippen LogP contribution is -2.34. The number of hydrogen-bond donors (Lipinski definition) is 0. The molecule has 0 heterocycles. The first-order valence-corrected chi connectivity index (χ1v) is 14.1. The first kappa shape index (κ1) is 23.9. The zero-order valence-corrected chi connectivity index (χ0v) is 20.9. The lowest BCUT2D eigenvalue weighted by atomic mass is 9.60. The average molecular weight is 437 g/mol. The summed E-state index contributed by atoms with van der Waals surface area (Å²) >= 11 is 0. The van der Waals surface area contributed by atoms with Gasteiger partial charge >= 0.3 is 0 Å². The fraction of sp³-hybridized carbons (Fsp3) is 0.742. The van der Waals surface area contributed by atoms with Crippen LogP contribution >= 0.6 is 0 Å². The maximum atomic E-state index is 5.77. The molecule has 1 aromatic rings. The zero-order chi connectivity index (χ0) is 22.2. The molecule has 1 aromatic carbocycles. The Morgan fingerprint density at radius 1 is 0.781 bits per heavy atom. The van der Waals surface area contributed by atoms with Crippen LogP contribution in [0.2, 0.25) is 0 Å². The maximum absolute atomic E-state index is 5.77. The molecule has 3 fully saturated rings. The Bertz CT molecular complexity index is 681. The van der Waals surface area contributed by atoms with Gasteiger partial charge in [0, 0.05) is 0 Å². The SMILES string of the molecule is C/C=C/COc1ccc(C2CCC(C3CCC4CC(CCCCC)CCC4C3)CC2)cc1. The maximum Gasteiger partial charge on any atom is 0.119 e. The van der Waals surface area contributed by atoms with Gasteiger partial charge in [-0.2, -0.15) is 0 Å². The summed E-state index contributed by atoms with van der Waals surface area (Å²) in [5, 5.41) is 0. The molecule has 4 atom stereocenters. The Balaban J connectivity index is 1.20. The van der Waals surface area contributed by atoms with Crippen molar-refractivity contribution >= 4 is 0 Å². The van der Waals surface area contributed by atoms with E-state index in [1.807, 2.05) is 13.0 Å². The second-order valence-electron chi connectivity index (χ2n) is 11.3. The van der Waals surface area contributed by atoms with Crippen LogP contribution in [0.5, 0.6) is 5.75 Å². The molecular weight excluding hydrogens is 388 g/mol. The second kappa shape index (κ2) is 12.3. The van der Waals surface area contributed by atoms with Crippen LogP contribution < -0.4 is 4.74 Å². The van der Waals surface area contributed by atoms with Crippen LogP contribution in [0.1, 0.15) is 115 Å². The highest BCUT2D eigenvalue weighted by molar-refractivity contribution is 5.30. The molecule has 178 valence electrons. The van der Waals surface area contributed by atoms with Crippen LogP contribution in [0.4, 0.5) is 0 Å². The molecule has 4 unspecified atom stereocenters. The standard InChI is InChI=1S/C31H48O/c1-3-5-7-8-24-9-10-30-23-29(16-15-28(30)22-24)27-13-11-25(12-14-27)26-17-19-31(20-18-26)32-21-6-4-2/h4,6,17-20,24-25,27-30H,3,5,7-16,21-23H2,1-2H3/b6-4+. The number of fused-ring (bicyclic) bond motifs is 1. The summed E-state index contributed by atoms with van der Waals surface area (Å²) in [5.74, 6) is 7.03. The van der Waals surface area contributed by atoms with Crippen LogP contribution in [-0.2, 0) is 0 Å². The summed E-state index contributed by atoms with van der Waals surface area (Å²) < 4.78 is 5.77. The normalized spacial score (nSPS) is 33.2.